The summed E-state index contributed by atoms with van der Waals surface area (Å²) in [6.45, 7) is 1.88. The quantitative estimate of drug-likeness (QED) is 0.704. The summed E-state index contributed by atoms with van der Waals surface area (Å²) in [4.78, 5) is 10.6. The van der Waals surface area contributed by atoms with Crippen LogP contribution in [-0.2, 0) is 4.79 Å². The molecule has 0 aromatic rings. The van der Waals surface area contributed by atoms with Gasteiger partial charge in [-0.15, -0.1) is 11.8 Å². The number of halogens is 2. The van der Waals surface area contributed by atoms with E-state index < -0.39 is 17.6 Å². The molecule has 0 heterocycles. The van der Waals surface area contributed by atoms with Crippen LogP contribution in [0.2, 0.25) is 0 Å². The second kappa shape index (κ2) is 7.12. The van der Waals surface area contributed by atoms with Crippen molar-refractivity contribution in [1.29, 1.82) is 0 Å². The van der Waals surface area contributed by atoms with Crippen LogP contribution < -0.4 is 0 Å². The fourth-order valence-corrected chi connectivity index (χ4v) is 1.98. The highest BCUT2D eigenvalue weighted by Crippen LogP contribution is 2.19. The maximum Gasteiger partial charge on any atom is 0.316 e. The molecule has 0 aliphatic carbocycles. The normalized spacial score (nSPS) is 13.2. The molecule has 0 amide bonds. The molecule has 1 atom stereocenters. The van der Waals surface area contributed by atoms with Gasteiger partial charge in [0.2, 0.25) is 6.43 Å². The molecule has 0 spiro atoms. The van der Waals surface area contributed by atoms with Crippen LogP contribution >= 0.6 is 11.8 Å². The van der Waals surface area contributed by atoms with Crippen molar-refractivity contribution in [2.24, 2.45) is 0 Å². The minimum absolute atomic E-state index is 0.217. The Morgan fingerprint density at radius 1 is 1.46 bits per heavy atom. The van der Waals surface area contributed by atoms with Gasteiger partial charge in [0.25, 0.3) is 0 Å². The summed E-state index contributed by atoms with van der Waals surface area (Å²) in [6.07, 6.45) is -1.25. The zero-order chi connectivity index (χ0) is 10.3. The van der Waals surface area contributed by atoms with E-state index in [1.807, 2.05) is 6.92 Å². The first-order valence-corrected chi connectivity index (χ1v) is 5.25. The van der Waals surface area contributed by atoms with Crippen molar-refractivity contribution in [3.05, 3.63) is 0 Å². The average molecular weight is 212 g/mol. The Labute approximate surface area is 80.7 Å². The van der Waals surface area contributed by atoms with Gasteiger partial charge < -0.3 is 5.11 Å². The lowest BCUT2D eigenvalue weighted by Crippen LogP contribution is -2.16. The van der Waals surface area contributed by atoms with E-state index in [0.717, 1.165) is 18.2 Å². The van der Waals surface area contributed by atoms with Gasteiger partial charge in [-0.2, -0.15) is 0 Å². The molecule has 0 saturated carbocycles. The van der Waals surface area contributed by atoms with Crippen LogP contribution in [0.5, 0.6) is 0 Å². The van der Waals surface area contributed by atoms with Crippen LogP contribution in [0.1, 0.15) is 26.2 Å². The Morgan fingerprint density at radius 2 is 2.08 bits per heavy atom. The molecule has 0 fully saturated rings. The van der Waals surface area contributed by atoms with Crippen LogP contribution in [0.3, 0.4) is 0 Å². The van der Waals surface area contributed by atoms with E-state index in [4.69, 9.17) is 5.11 Å². The van der Waals surface area contributed by atoms with Crippen LogP contribution in [-0.4, -0.2) is 28.5 Å². The predicted octanol–water partition coefficient (Wildman–Crippen LogP) is 2.63. The molecule has 0 radical (unpaired) electrons. The molecule has 0 bridgehead atoms. The number of hydrogen-bond acceptors (Lipinski definition) is 2. The summed E-state index contributed by atoms with van der Waals surface area (Å²) in [6, 6.07) is 0. The highest BCUT2D eigenvalue weighted by Gasteiger charge is 2.16. The Balaban J connectivity index is 3.63. The van der Waals surface area contributed by atoms with Gasteiger partial charge in [0.1, 0.15) is 5.25 Å². The molecule has 78 valence electrons. The molecule has 5 heteroatoms. The van der Waals surface area contributed by atoms with Gasteiger partial charge in [0.05, 0.1) is 0 Å². The molecule has 0 aliphatic heterocycles. The predicted molar refractivity (Wildman–Crippen MR) is 49.4 cm³/mol. The summed E-state index contributed by atoms with van der Waals surface area (Å²) in [5.74, 6) is -0.685. The summed E-state index contributed by atoms with van der Waals surface area (Å²) in [7, 11) is 0. The fraction of sp³-hybridized carbons (Fsp3) is 0.875. The van der Waals surface area contributed by atoms with Gasteiger partial charge in [-0.25, -0.2) is 8.78 Å². The van der Waals surface area contributed by atoms with Crippen molar-refractivity contribution < 1.29 is 18.7 Å². The van der Waals surface area contributed by atoms with Gasteiger partial charge in [0.15, 0.2) is 0 Å². The first-order chi connectivity index (χ1) is 6.07. The number of rotatable bonds is 7. The zero-order valence-electron chi connectivity index (χ0n) is 7.50. The number of hydrogen-bond donors (Lipinski definition) is 1. The van der Waals surface area contributed by atoms with Crippen molar-refractivity contribution in [1.82, 2.24) is 0 Å². The molecule has 13 heavy (non-hydrogen) atoms. The Morgan fingerprint density at radius 3 is 2.46 bits per heavy atom. The summed E-state index contributed by atoms with van der Waals surface area (Å²) < 4.78 is 23.4. The van der Waals surface area contributed by atoms with Gasteiger partial charge in [-0.1, -0.05) is 13.3 Å². The van der Waals surface area contributed by atoms with Crippen LogP contribution in [0, 0.1) is 0 Å². The second-order valence-electron chi connectivity index (χ2n) is 2.67. The molecule has 0 aromatic carbocycles. The van der Waals surface area contributed by atoms with Gasteiger partial charge in [-0.3, -0.25) is 4.79 Å². The molecule has 1 unspecified atom stereocenters. The van der Waals surface area contributed by atoms with E-state index >= 15 is 0 Å². The minimum atomic E-state index is -2.33. The SMILES string of the molecule is CCCC(SCCC(F)F)C(=O)O. The summed E-state index contributed by atoms with van der Waals surface area (Å²) in [5.41, 5.74) is 0. The molecular weight excluding hydrogens is 198 g/mol. The second-order valence-corrected chi connectivity index (χ2v) is 3.98. The number of alkyl halides is 2. The van der Waals surface area contributed by atoms with Crippen LogP contribution in [0.15, 0.2) is 0 Å². The topological polar surface area (TPSA) is 37.3 Å². The maximum absolute atomic E-state index is 11.7. The van der Waals surface area contributed by atoms with Gasteiger partial charge >= 0.3 is 5.97 Å². The largest absolute Gasteiger partial charge is 0.480 e. The lowest BCUT2D eigenvalue weighted by atomic mass is 10.2. The third kappa shape index (κ3) is 6.81. The van der Waals surface area contributed by atoms with Crippen molar-refractivity contribution >= 4 is 17.7 Å². The van der Waals surface area contributed by atoms with E-state index in [1.165, 1.54) is 0 Å². The van der Waals surface area contributed by atoms with E-state index in [0.29, 0.717) is 6.42 Å². The average Bonchev–Trinajstić information content (AvgIpc) is 2.02. The number of carboxylic acids is 1. The van der Waals surface area contributed by atoms with E-state index in [-0.39, 0.29) is 12.2 Å². The highest BCUT2D eigenvalue weighted by molar-refractivity contribution is 8.00. The van der Waals surface area contributed by atoms with Crippen molar-refractivity contribution in [3.8, 4) is 0 Å². The van der Waals surface area contributed by atoms with E-state index in [2.05, 4.69) is 0 Å². The lowest BCUT2D eigenvalue weighted by molar-refractivity contribution is -0.136. The number of carbonyl (C=O) groups is 1. The molecule has 0 rings (SSSR count). The number of aliphatic carboxylic acids is 1. The smallest absolute Gasteiger partial charge is 0.316 e. The fourth-order valence-electron chi connectivity index (χ4n) is 0.840. The standard InChI is InChI=1S/C8H14F2O2S/c1-2-3-6(8(11)12)13-5-4-7(9)10/h6-7H,2-5H2,1H3,(H,11,12). The van der Waals surface area contributed by atoms with E-state index in [9.17, 15) is 13.6 Å². The van der Waals surface area contributed by atoms with Crippen LogP contribution in [0.25, 0.3) is 0 Å². The summed E-state index contributed by atoms with van der Waals surface area (Å²) >= 11 is 1.10. The third-order valence-electron chi connectivity index (χ3n) is 1.48. The molecule has 2 nitrogen and oxygen atoms in total. The minimum Gasteiger partial charge on any atom is -0.480 e. The number of carboxylic acid groups (broad SMARTS) is 1. The van der Waals surface area contributed by atoms with Crippen molar-refractivity contribution in [2.45, 2.75) is 37.9 Å². The summed E-state index contributed by atoms with van der Waals surface area (Å²) in [5, 5.41) is 8.14. The third-order valence-corrected chi connectivity index (χ3v) is 2.79. The highest BCUT2D eigenvalue weighted by atomic mass is 32.2. The van der Waals surface area contributed by atoms with Gasteiger partial charge in [0, 0.05) is 6.42 Å². The van der Waals surface area contributed by atoms with Crippen LogP contribution in [0.4, 0.5) is 8.78 Å². The Kier molecular flexibility index (Phi) is 6.94. The Hall–Kier alpha value is -0.320. The zero-order valence-corrected chi connectivity index (χ0v) is 8.32. The number of thioether (sulfide) groups is 1. The molecule has 0 aromatic heterocycles. The molecule has 0 aliphatic rings. The van der Waals surface area contributed by atoms with Crippen molar-refractivity contribution in [2.75, 3.05) is 5.75 Å². The first kappa shape index (κ1) is 12.7. The molecule has 0 saturated heterocycles. The van der Waals surface area contributed by atoms with E-state index in [1.54, 1.807) is 0 Å². The van der Waals surface area contributed by atoms with Crippen molar-refractivity contribution in [3.63, 3.8) is 0 Å². The monoisotopic (exact) mass is 212 g/mol. The first-order valence-electron chi connectivity index (χ1n) is 4.20. The maximum atomic E-state index is 11.7. The Bertz CT molecular complexity index is 153. The molecular formula is C8H14F2O2S. The lowest BCUT2D eigenvalue weighted by Gasteiger charge is -2.09. The molecule has 1 N–H and O–H groups in total. The van der Waals surface area contributed by atoms with Gasteiger partial charge in [-0.05, 0) is 12.2 Å².